The summed E-state index contributed by atoms with van der Waals surface area (Å²) in [6, 6.07) is 40.2. The second-order valence-corrected chi connectivity index (χ2v) is 15.2. The van der Waals surface area contributed by atoms with Crippen LogP contribution in [-0.4, -0.2) is 6.36 Å². The molecule has 0 bridgehead atoms. The van der Waals surface area contributed by atoms with Gasteiger partial charge in [0.2, 0.25) is 0 Å². The molecule has 0 radical (unpaired) electrons. The van der Waals surface area contributed by atoms with Crippen molar-refractivity contribution < 1.29 is 26.7 Å². The van der Waals surface area contributed by atoms with Crippen LogP contribution in [-0.2, 0) is 19.3 Å². The van der Waals surface area contributed by atoms with Crippen molar-refractivity contribution >= 4 is 0 Å². The van der Waals surface area contributed by atoms with E-state index in [9.17, 15) is 22.0 Å². The minimum Gasteiger partial charge on any atom is -0.403 e. The Kier molecular flexibility index (Phi) is 18.9. The molecule has 0 spiro atoms. The van der Waals surface area contributed by atoms with Crippen molar-refractivity contribution in [2.75, 3.05) is 0 Å². The van der Waals surface area contributed by atoms with Gasteiger partial charge in [0.05, 0.1) is 0 Å². The topological polar surface area (TPSA) is 9.23 Å². The van der Waals surface area contributed by atoms with E-state index in [1.165, 1.54) is 68.2 Å². The van der Waals surface area contributed by atoms with Crippen LogP contribution in [0.3, 0.4) is 0 Å². The molecule has 0 saturated heterocycles. The lowest BCUT2D eigenvalue weighted by molar-refractivity contribution is -0.275. The molecule has 0 fully saturated rings. The average Bonchev–Trinajstić information content (AvgIpc) is 3.30. The lowest BCUT2D eigenvalue weighted by Crippen LogP contribution is -2.17. The summed E-state index contributed by atoms with van der Waals surface area (Å²) in [7, 11) is 0. The number of unbranched alkanes of at least 4 members (excludes halogenated alkanes) is 5. The lowest BCUT2D eigenvalue weighted by Gasteiger charge is -2.09. The van der Waals surface area contributed by atoms with Gasteiger partial charge in [-0.25, -0.2) is 8.78 Å². The molecule has 6 rings (SSSR count). The normalized spacial score (nSPS) is 10.3. The van der Waals surface area contributed by atoms with E-state index in [0.29, 0.717) is 17.5 Å². The molecule has 0 N–H and O–H groups in total. The van der Waals surface area contributed by atoms with E-state index in [1.54, 1.807) is 18.2 Å². The second kappa shape index (κ2) is 25.2. The minimum absolute atomic E-state index is 0.190. The zero-order chi connectivity index (χ0) is 45.6. The zero-order valence-electron chi connectivity index (χ0n) is 36.6. The minimum atomic E-state index is -4.95. The third kappa shape index (κ3) is 17.1. The van der Waals surface area contributed by atoms with Crippen LogP contribution in [0.25, 0.3) is 0 Å². The van der Waals surface area contributed by atoms with Crippen LogP contribution in [0.1, 0.15) is 127 Å². The van der Waals surface area contributed by atoms with E-state index in [1.807, 2.05) is 61.5 Å². The Morgan fingerprint density at radius 1 is 0.391 bits per heavy atom. The summed E-state index contributed by atoms with van der Waals surface area (Å²) >= 11 is 0. The highest BCUT2D eigenvalue weighted by Crippen LogP contribution is 2.26. The third-order valence-electron chi connectivity index (χ3n) is 10.1. The van der Waals surface area contributed by atoms with E-state index in [-0.39, 0.29) is 11.4 Å². The molecule has 0 aliphatic carbocycles. The maximum Gasteiger partial charge on any atom is 0.573 e. The van der Waals surface area contributed by atoms with Gasteiger partial charge >= 0.3 is 6.36 Å². The van der Waals surface area contributed by atoms with Crippen LogP contribution in [0.4, 0.5) is 22.0 Å². The molecule has 0 heterocycles. The molecule has 0 aliphatic heterocycles. The highest BCUT2D eigenvalue weighted by Gasteiger charge is 2.32. The van der Waals surface area contributed by atoms with Gasteiger partial charge in [-0.1, -0.05) is 131 Å². The summed E-state index contributed by atoms with van der Waals surface area (Å²) in [5, 5.41) is 0. The molecule has 0 amide bonds. The Labute approximate surface area is 376 Å². The van der Waals surface area contributed by atoms with Crippen molar-refractivity contribution in [3.8, 4) is 53.1 Å². The summed E-state index contributed by atoms with van der Waals surface area (Å²) in [4.78, 5) is 0. The van der Waals surface area contributed by atoms with E-state index in [2.05, 4.69) is 102 Å². The Balaban J connectivity index is 0.000000241. The first-order valence-corrected chi connectivity index (χ1v) is 21.8. The Morgan fingerprint density at radius 2 is 0.719 bits per heavy atom. The van der Waals surface area contributed by atoms with Gasteiger partial charge in [-0.3, -0.25) is 0 Å². The molecule has 64 heavy (non-hydrogen) atoms. The first-order chi connectivity index (χ1) is 31.0. The molecule has 0 saturated carbocycles. The molecule has 6 heteroatoms. The van der Waals surface area contributed by atoms with E-state index < -0.39 is 17.9 Å². The molecular weight excluding hydrogens is 808 g/mol. The molecular formula is C58H51F5O. The number of rotatable bonds is 11. The number of alkyl halides is 3. The smallest absolute Gasteiger partial charge is 0.403 e. The van der Waals surface area contributed by atoms with Crippen LogP contribution < -0.4 is 4.74 Å². The Bertz CT molecular complexity index is 2660. The van der Waals surface area contributed by atoms with E-state index in [4.69, 9.17) is 0 Å². The van der Waals surface area contributed by atoms with Gasteiger partial charge in [0.15, 0.2) is 11.6 Å². The highest BCUT2D eigenvalue weighted by molar-refractivity contribution is 5.50. The summed E-state index contributed by atoms with van der Waals surface area (Å²) in [6.45, 7) is 6.37. The molecule has 324 valence electrons. The number of hydrogen-bond acceptors (Lipinski definition) is 1. The Morgan fingerprint density at radius 3 is 1.08 bits per heavy atom. The predicted molar refractivity (Wildman–Crippen MR) is 250 cm³/mol. The quantitative estimate of drug-likeness (QED) is 0.0716. The third-order valence-corrected chi connectivity index (χ3v) is 10.1. The summed E-state index contributed by atoms with van der Waals surface area (Å²) in [5.41, 5.74) is 9.65. The van der Waals surface area contributed by atoms with Crippen molar-refractivity contribution in [1.29, 1.82) is 0 Å². The fourth-order valence-corrected chi connectivity index (χ4v) is 6.39. The fourth-order valence-electron chi connectivity index (χ4n) is 6.39. The highest BCUT2D eigenvalue weighted by atomic mass is 19.4. The molecule has 0 unspecified atom stereocenters. The van der Waals surface area contributed by atoms with Gasteiger partial charge < -0.3 is 4.74 Å². The fraction of sp³-hybridized carbons (Fsp3) is 0.241. The summed E-state index contributed by atoms with van der Waals surface area (Å²) in [5.74, 6) is 22.2. The SMILES string of the molecule is CCCCCCc1ccc(C#Cc2ccc(C#Cc3ccc(CC)c(F)c3)cc2)cc1.CCCCCc1ccc(C#Cc2ccc(C#Cc3ccc(OC(F)(F)F)c(F)c3)cc2)cc1. The van der Waals surface area contributed by atoms with Crippen LogP contribution in [0.2, 0.25) is 0 Å². The molecule has 0 aromatic heterocycles. The standard InChI is InChI=1S/C30H29F.C28H22F4O/c1-3-5-6-7-8-24-9-11-25(12-10-24)13-14-26-15-17-27(18-16-26)19-20-28-21-22-29(4-2)30(31)23-28;1-2-3-4-5-21-6-8-22(9-7-21)10-11-23-12-14-24(15-13-23)16-17-25-18-19-27(26(29)20-25)33-28(30,31)32/h9-12,15-18,21-23H,3-8H2,1-2H3;6-9,12-15,18-20H,2-5H2,1H3. The van der Waals surface area contributed by atoms with Crippen molar-refractivity contribution in [3.05, 3.63) is 206 Å². The van der Waals surface area contributed by atoms with E-state index in [0.717, 1.165) is 58.4 Å². The van der Waals surface area contributed by atoms with Gasteiger partial charge in [-0.2, -0.15) is 0 Å². The number of ether oxygens (including phenoxy) is 1. The molecule has 6 aromatic rings. The summed E-state index contributed by atoms with van der Waals surface area (Å²) < 4.78 is 67.9. The van der Waals surface area contributed by atoms with E-state index >= 15 is 0 Å². The number of halogens is 5. The molecule has 0 atom stereocenters. The van der Waals surface area contributed by atoms with Crippen molar-refractivity contribution in [1.82, 2.24) is 0 Å². The van der Waals surface area contributed by atoms with Gasteiger partial charge in [0, 0.05) is 44.5 Å². The maximum atomic E-state index is 13.9. The zero-order valence-corrected chi connectivity index (χ0v) is 36.6. The van der Waals surface area contributed by atoms with Crippen LogP contribution in [0.15, 0.2) is 133 Å². The van der Waals surface area contributed by atoms with Crippen molar-refractivity contribution in [2.45, 2.75) is 91.3 Å². The summed E-state index contributed by atoms with van der Waals surface area (Å²) in [6.07, 6.45) is 6.77. The largest absolute Gasteiger partial charge is 0.573 e. The molecule has 6 aromatic carbocycles. The number of aryl methyl sites for hydroxylation is 3. The second-order valence-electron chi connectivity index (χ2n) is 15.2. The van der Waals surface area contributed by atoms with Gasteiger partial charge in [-0.15, -0.1) is 13.2 Å². The van der Waals surface area contributed by atoms with Crippen molar-refractivity contribution in [2.24, 2.45) is 0 Å². The molecule has 1 nitrogen and oxygen atoms in total. The predicted octanol–water partition coefficient (Wildman–Crippen LogP) is 14.6. The van der Waals surface area contributed by atoms with Gasteiger partial charge in [-0.05, 0) is 152 Å². The van der Waals surface area contributed by atoms with Crippen molar-refractivity contribution in [3.63, 3.8) is 0 Å². The van der Waals surface area contributed by atoms with Gasteiger partial charge in [0.1, 0.15) is 5.82 Å². The average molecular weight is 859 g/mol. The lowest BCUT2D eigenvalue weighted by atomic mass is 10.0. The maximum absolute atomic E-state index is 13.9. The number of hydrogen-bond donors (Lipinski definition) is 0. The number of benzene rings is 6. The first kappa shape index (κ1) is 48.0. The Hall–Kier alpha value is -6.99. The molecule has 0 aliphatic rings. The monoisotopic (exact) mass is 858 g/mol. The van der Waals surface area contributed by atoms with Crippen LogP contribution >= 0.6 is 0 Å². The van der Waals surface area contributed by atoms with Gasteiger partial charge in [0.25, 0.3) is 0 Å². The van der Waals surface area contributed by atoms with Crippen LogP contribution in [0.5, 0.6) is 5.75 Å². The van der Waals surface area contributed by atoms with Crippen LogP contribution in [0, 0.1) is 59.0 Å². The first-order valence-electron chi connectivity index (χ1n) is 21.8.